The number of alkyl halides is 3. The molecule has 0 saturated heterocycles. The molecular weight excluding hydrogens is 321 g/mol. The molecule has 0 radical (unpaired) electrons. The fourth-order valence-corrected chi connectivity index (χ4v) is 2.27. The molecule has 128 valence electrons. The lowest BCUT2D eigenvalue weighted by Gasteiger charge is -2.12. The van der Waals surface area contributed by atoms with Crippen LogP contribution < -0.4 is 10.9 Å². The van der Waals surface area contributed by atoms with Crippen LogP contribution in [0.4, 0.5) is 13.2 Å². The summed E-state index contributed by atoms with van der Waals surface area (Å²) in [4.78, 5) is 23.5. The molecule has 7 heteroatoms. The van der Waals surface area contributed by atoms with E-state index in [2.05, 4.69) is 5.32 Å². The zero-order chi connectivity index (χ0) is 17.9. The summed E-state index contributed by atoms with van der Waals surface area (Å²) in [5.74, 6) is -0.531. The van der Waals surface area contributed by atoms with Gasteiger partial charge in [-0.3, -0.25) is 9.59 Å². The van der Waals surface area contributed by atoms with Crippen molar-refractivity contribution in [2.24, 2.45) is 0 Å². The lowest BCUT2D eigenvalue weighted by Crippen LogP contribution is -2.32. The minimum Gasteiger partial charge on any atom is -0.350 e. The number of hydrogen-bond donors (Lipinski definition) is 1. The molecule has 0 aliphatic rings. The summed E-state index contributed by atoms with van der Waals surface area (Å²) < 4.78 is 38.8. The number of aryl methyl sites for hydroxylation is 2. The Morgan fingerprint density at radius 3 is 2.50 bits per heavy atom. The maximum Gasteiger partial charge on any atom is 0.417 e. The lowest BCUT2D eigenvalue weighted by molar-refractivity contribution is -0.138. The van der Waals surface area contributed by atoms with E-state index in [1.165, 1.54) is 0 Å². The number of hydrogen-bond acceptors (Lipinski definition) is 2. The second-order valence-electron chi connectivity index (χ2n) is 5.59. The Balaban J connectivity index is 2.06. The number of nitrogens with one attached hydrogen (secondary N) is 1. The van der Waals surface area contributed by atoms with Crippen LogP contribution >= 0.6 is 0 Å². The van der Waals surface area contributed by atoms with E-state index in [-0.39, 0.29) is 6.54 Å². The van der Waals surface area contributed by atoms with Crippen LogP contribution in [-0.4, -0.2) is 10.5 Å². The van der Waals surface area contributed by atoms with Crippen molar-refractivity contribution in [3.8, 4) is 0 Å². The van der Waals surface area contributed by atoms with Crippen LogP contribution in [0, 0.1) is 13.8 Å². The third kappa shape index (κ3) is 4.47. The molecule has 2 aromatic rings. The number of amides is 1. The highest BCUT2D eigenvalue weighted by Crippen LogP contribution is 2.27. The van der Waals surface area contributed by atoms with Gasteiger partial charge < -0.3 is 9.88 Å². The van der Waals surface area contributed by atoms with Crippen molar-refractivity contribution in [2.45, 2.75) is 33.1 Å². The number of carbonyl (C=O) groups excluding carboxylic acids is 1. The number of benzene rings is 1. The number of pyridine rings is 1. The Bertz CT molecular complexity index is 810. The zero-order valence-corrected chi connectivity index (χ0v) is 13.3. The monoisotopic (exact) mass is 338 g/mol. The van der Waals surface area contributed by atoms with Crippen LogP contribution in [0.25, 0.3) is 0 Å². The van der Waals surface area contributed by atoms with Gasteiger partial charge in [0.2, 0.25) is 5.91 Å². The SMILES string of the molecule is Cc1ccc(CNC(=O)Cn2cc(C(F)(F)F)ccc2=O)c(C)c1. The average molecular weight is 338 g/mol. The largest absolute Gasteiger partial charge is 0.417 e. The molecule has 0 saturated carbocycles. The Kier molecular flexibility index (Phi) is 5.11. The molecule has 0 bridgehead atoms. The van der Waals surface area contributed by atoms with Crippen molar-refractivity contribution in [3.05, 3.63) is 69.1 Å². The quantitative estimate of drug-likeness (QED) is 0.932. The van der Waals surface area contributed by atoms with Gasteiger partial charge in [0, 0.05) is 18.8 Å². The standard InChI is InChI=1S/C17H17F3N2O2/c1-11-3-4-13(12(2)7-11)8-21-15(23)10-22-9-14(17(18,19)20)5-6-16(22)24/h3-7,9H,8,10H2,1-2H3,(H,21,23). The van der Waals surface area contributed by atoms with Gasteiger partial charge >= 0.3 is 6.18 Å². The summed E-state index contributed by atoms with van der Waals surface area (Å²) in [5, 5.41) is 2.61. The van der Waals surface area contributed by atoms with Crippen LogP contribution in [0.2, 0.25) is 0 Å². The van der Waals surface area contributed by atoms with E-state index in [1.54, 1.807) is 0 Å². The van der Waals surface area contributed by atoms with E-state index in [9.17, 15) is 22.8 Å². The topological polar surface area (TPSA) is 51.1 Å². The van der Waals surface area contributed by atoms with Crippen LogP contribution in [0.1, 0.15) is 22.3 Å². The zero-order valence-electron chi connectivity index (χ0n) is 13.3. The van der Waals surface area contributed by atoms with Gasteiger partial charge in [-0.05, 0) is 31.0 Å². The summed E-state index contributed by atoms with van der Waals surface area (Å²) >= 11 is 0. The summed E-state index contributed by atoms with van der Waals surface area (Å²) in [6, 6.07) is 7.26. The van der Waals surface area contributed by atoms with Gasteiger partial charge in [0.15, 0.2) is 0 Å². The van der Waals surface area contributed by atoms with Gasteiger partial charge in [-0.25, -0.2) is 0 Å². The molecule has 24 heavy (non-hydrogen) atoms. The number of aromatic nitrogens is 1. The molecule has 0 unspecified atom stereocenters. The highest BCUT2D eigenvalue weighted by molar-refractivity contribution is 5.75. The third-order valence-corrected chi connectivity index (χ3v) is 3.60. The van der Waals surface area contributed by atoms with Gasteiger partial charge in [-0.1, -0.05) is 23.8 Å². The van der Waals surface area contributed by atoms with Gasteiger partial charge in [-0.15, -0.1) is 0 Å². The first-order valence-corrected chi connectivity index (χ1v) is 7.27. The fourth-order valence-electron chi connectivity index (χ4n) is 2.27. The molecule has 0 atom stereocenters. The predicted octanol–water partition coefficient (Wildman–Crippen LogP) is 2.80. The second-order valence-corrected chi connectivity index (χ2v) is 5.59. The van der Waals surface area contributed by atoms with Crippen molar-refractivity contribution in [1.82, 2.24) is 9.88 Å². The summed E-state index contributed by atoms with van der Waals surface area (Å²) in [7, 11) is 0. The van der Waals surface area contributed by atoms with E-state index in [1.807, 2.05) is 32.0 Å². The molecule has 1 heterocycles. The number of halogens is 3. The number of rotatable bonds is 4. The normalized spacial score (nSPS) is 11.4. The molecule has 0 fully saturated rings. The molecule has 4 nitrogen and oxygen atoms in total. The maximum atomic E-state index is 12.7. The van der Waals surface area contributed by atoms with Gasteiger partial charge in [0.1, 0.15) is 6.54 Å². The Morgan fingerprint density at radius 1 is 1.17 bits per heavy atom. The van der Waals surface area contributed by atoms with Crippen molar-refractivity contribution < 1.29 is 18.0 Å². The lowest BCUT2D eigenvalue weighted by atomic mass is 10.1. The predicted molar refractivity (Wildman–Crippen MR) is 83.5 cm³/mol. The second kappa shape index (κ2) is 6.90. The summed E-state index contributed by atoms with van der Waals surface area (Å²) in [5.41, 5.74) is 1.38. The first kappa shape index (κ1) is 17.8. The minimum absolute atomic E-state index is 0.249. The smallest absolute Gasteiger partial charge is 0.350 e. The molecule has 2 rings (SSSR count). The van der Waals surface area contributed by atoms with Crippen LogP contribution in [0.3, 0.4) is 0 Å². The van der Waals surface area contributed by atoms with E-state index in [0.717, 1.165) is 27.3 Å². The maximum absolute atomic E-state index is 12.7. The van der Waals surface area contributed by atoms with Gasteiger partial charge in [0.05, 0.1) is 5.56 Å². The van der Waals surface area contributed by atoms with E-state index in [0.29, 0.717) is 12.3 Å². The van der Waals surface area contributed by atoms with Gasteiger partial charge in [0.25, 0.3) is 5.56 Å². The van der Waals surface area contributed by atoms with Crippen molar-refractivity contribution >= 4 is 5.91 Å². The average Bonchev–Trinajstić information content (AvgIpc) is 2.47. The molecule has 0 aliphatic carbocycles. The molecule has 1 amide bonds. The van der Waals surface area contributed by atoms with Crippen LogP contribution in [-0.2, 0) is 24.1 Å². The van der Waals surface area contributed by atoms with E-state index < -0.39 is 29.8 Å². The number of carbonyl (C=O) groups is 1. The van der Waals surface area contributed by atoms with Crippen molar-refractivity contribution in [2.75, 3.05) is 0 Å². The highest BCUT2D eigenvalue weighted by Gasteiger charge is 2.31. The summed E-state index contributed by atoms with van der Waals surface area (Å²) in [6.07, 6.45) is -3.91. The molecule has 1 aromatic heterocycles. The van der Waals surface area contributed by atoms with Gasteiger partial charge in [-0.2, -0.15) is 13.2 Å². The van der Waals surface area contributed by atoms with Crippen molar-refractivity contribution in [1.29, 1.82) is 0 Å². The summed E-state index contributed by atoms with van der Waals surface area (Å²) in [6.45, 7) is 3.65. The molecule has 1 aromatic carbocycles. The Labute approximate surface area is 136 Å². The fraction of sp³-hybridized carbons (Fsp3) is 0.294. The molecule has 1 N–H and O–H groups in total. The highest BCUT2D eigenvalue weighted by atomic mass is 19.4. The minimum atomic E-state index is -4.56. The first-order valence-electron chi connectivity index (χ1n) is 7.27. The molecular formula is C17H17F3N2O2. The van der Waals surface area contributed by atoms with Crippen LogP contribution in [0.15, 0.2) is 41.3 Å². The van der Waals surface area contributed by atoms with Crippen LogP contribution in [0.5, 0.6) is 0 Å². The molecule has 0 aliphatic heterocycles. The Morgan fingerprint density at radius 2 is 1.88 bits per heavy atom. The van der Waals surface area contributed by atoms with Crippen molar-refractivity contribution in [3.63, 3.8) is 0 Å². The molecule has 0 spiro atoms. The first-order chi connectivity index (χ1) is 11.2. The van der Waals surface area contributed by atoms with E-state index >= 15 is 0 Å². The number of nitrogens with zero attached hydrogens (tertiary/aromatic N) is 1. The third-order valence-electron chi connectivity index (χ3n) is 3.60. The van der Waals surface area contributed by atoms with E-state index in [4.69, 9.17) is 0 Å². The Hall–Kier alpha value is -2.57.